The zero-order valence-electron chi connectivity index (χ0n) is 26.3. The minimum atomic E-state index is -3.70. The Morgan fingerprint density at radius 2 is 1.67 bits per heavy atom. The summed E-state index contributed by atoms with van der Waals surface area (Å²) in [6.07, 6.45) is 11.9. The SMILES string of the molecule is COc1ccc2c(c1)C=C(C(=O)N1C3CCCC1COC3)Cn1c-2c(C2CCCCC2)c2ccc(C(=O)NS(=O)(=O)C3CC3)cc21. The number of piperidine rings is 1. The quantitative estimate of drug-likeness (QED) is 0.366. The lowest BCUT2D eigenvalue weighted by molar-refractivity contribution is -0.146. The van der Waals surface area contributed by atoms with Gasteiger partial charge in [0.05, 0.1) is 49.9 Å². The largest absolute Gasteiger partial charge is 0.497 e. The molecule has 2 amide bonds. The van der Waals surface area contributed by atoms with Gasteiger partial charge in [-0.2, -0.15) is 0 Å². The van der Waals surface area contributed by atoms with Gasteiger partial charge in [0.15, 0.2) is 0 Å². The first-order valence-electron chi connectivity index (χ1n) is 16.8. The molecule has 2 saturated heterocycles. The molecule has 3 aromatic rings. The van der Waals surface area contributed by atoms with E-state index in [4.69, 9.17) is 9.47 Å². The van der Waals surface area contributed by atoms with Crippen molar-refractivity contribution in [3.05, 3.63) is 58.7 Å². The highest BCUT2D eigenvalue weighted by molar-refractivity contribution is 7.91. The van der Waals surface area contributed by atoms with E-state index in [1.165, 1.54) is 12.0 Å². The molecular weight excluding hydrogens is 602 g/mol. The number of hydrogen-bond donors (Lipinski definition) is 1. The van der Waals surface area contributed by atoms with Crippen molar-refractivity contribution in [3.8, 4) is 17.0 Å². The van der Waals surface area contributed by atoms with E-state index in [1.54, 1.807) is 13.2 Å². The number of sulfonamides is 1. The highest BCUT2D eigenvalue weighted by Crippen LogP contribution is 2.47. The van der Waals surface area contributed by atoms with Gasteiger partial charge < -0.3 is 18.9 Å². The van der Waals surface area contributed by atoms with Crippen LogP contribution in [-0.4, -0.2) is 67.4 Å². The van der Waals surface area contributed by atoms with Crippen molar-refractivity contribution >= 4 is 38.8 Å². The molecule has 2 aliphatic carbocycles. The topological polar surface area (TPSA) is 107 Å². The predicted octanol–water partition coefficient (Wildman–Crippen LogP) is 5.76. The number of aromatic nitrogens is 1. The second-order valence-electron chi connectivity index (χ2n) is 13.7. The van der Waals surface area contributed by atoms with E-state index in [-0.39, 0.29) is 18.0 Å². The second kappa shape index (κ2) is 11.6. The zero-order chi connectivity index (χ0) is 31.6. The fourth-order valence-corrected chi connectivity index (χ4v) is 9.59. The number of nitrogens with one attached hydrogen (secondary N) is 1. The van der Waals surface area contributed by atoms with Crippen molar-refractivity contribution in [3.63, 3.8) is 0 Å². The molecule has 2 aromatic carbocycles. The van der Waals surface area contributed by atoms with E-state index >= 15 is 0 Å². The molecule has 0 spiro atoms. The first kappa shape index (κ1) is 29.8. The maximum absolute atomic E-state index is 14.6. The van der Waals surface area contributed by atoms with Gasteiger partial charge >= 0.3 is 0 Å². The summed E-state index contributed by atoms with van der Waals surface area (Å²) in [5, 5.41) is 0.566. The molecule has 2 bridgehead atoms. The molecule has 2 atom stereocenters. The summed E-state index contributed by atoms with van der Waals surface area (Å²) in [4.78, 5) is 30.0. The number of benzene rings is 2. The average Bonchev–Trinajstić information content (AvgIpc) is 3.89. The summed E-state index contributed by atoms with van der Waals surface area (Å²) in [7, 11) is -2.04. The smallest absolute Gasteiger partial charge is 0.264 e. The Balaban J connectivity index is 1.30. The van der Waals surface area contributed by atoms with Crippen LogP contribution in [0.15, 0.2) is 42.0 Å². The molecule has 4 heterocycles. The molecule has 242 valence electrons. The Morgan fingerprint density at radius 3 is 2.39 bits per heavy atom. The molecule has 10 heteroatoms. The lowest BCUT2D eigenvalue weighted by atomic mass is 9.81. The predicted molar refractivity (Wildman–Crippen MR) is 176 cm³/mol. The lowest BCUT2D eigenvalue weighted by Gasteiger charge is -2.46. The molecule has 4 fully saturated rings. The lowest BCUT2D eigenvalue weighted by Crippen LogP contribution is -2.57. The Bertz CT molecular complexity index is 1850. The molecular formula is C36H41N3O6S. The van der Waals surface area contributed by atoms with Gasteiger partial charge in [0.2, 0.25) is 10.0 Å². The first-order valence-corrected chi connectivity index (χ1v) is 18.4. The van der Waals surface area contributed by atoms with Crippen LogP contribution in [0, 0.1) is 0 Å². The van der Waals surface area contributed by atoms with Crippen LogP contribution < -0.4 is 9.46 Å². The van der Waals surface area contributed by atoms with Crippen molar-refractivity contribution < 1.29 is 27.5 Å². The fourth-order valence-electron chi connectivity index (χ4n) is 8.29. The van der Waals surface area contributed by atoms with E-state index in [1.807, 2.05) is 30.3 Å². The number of rotatable bonds is 6. The molecule has 5 aliphatic rings. The number of carbonyl (C=O) groups excluding carboxylic acids is 2. The molecule has 8 rings (SSSR count). The Labute approximate surface area is 270 Å². The highest BCUT2D eigenvalue weighted by Gasteiger charge is 2.40. The third-order valence-corrected chi connectivity index (χ3v) is 12.6. The summed E-state index contributed by atoms with van der Waals surface area (Å²) in [6.45, 7) is 1.47. The molecule has 2 unspecified atom stereocenters. The number of carbonyl (C=O) groups is 2. The maximum atomic E-state index is 14.6. The number of ether oxygens (including phenoxy) is 2. The van der Waals surface area contributed by atoms with Crippen LogP contribution >= 0.6 is 0 Å². The maximum Gasteiger partial charge on any atom is 0.264 e. The molecule has 9 nitrogen and oxygen atoms in total. The second-order valence-corrected chi connectivity index (χ2v) is 15.7. The monoisotopic (exact) mass is 643 g/mol. The van der Waals surface area contributed by atoms with Crippen LogP contribution in [0.5, 0.6) is 5.75 Å². The van der Waals surface area contributed by atoms with Gasteiger partial charge in [-0.05, 0) is 98.4 Å². The number of hydrogen-bond acceptors (Lipinski definition) is 6. The van der Waals surface area contributed by atoms with Crippen molar-refractivity contribution in [2.75, 3.05) is 20.3 Å². The summed E-state index contributed by atoms with van der Waals surface area (Å²) in [5.41, 5.74) is 6.12. The minimum Gasteiger partial charge on any atom is -0.497 e. The van der Waals surface area contributed by atoms with Crippen LogP contribution in [0.2, 0.25) is 0 Å². The van der Waals surface area contributed by atoms with E-state index in [0.29, 0.717) is 49.7 Å². The van der Waals surface area contributed by atoms with E-state index < -0.39 is 21.2 Å². The highest BCUT2D eigenvalue weighted by atomic mass is 32.2. The van der Waals surface area contributed by atoms with Crippen molar-refractivity contribution in [1.82, 2.24) is 14.2 Å². The zero-order valence-corrected chi connectivity index (χ0v) is 27.1. The van der Waals surface area contributed by atoms with Gasteiger partial charge in [-0.3, -0.25) is 9.59 Å². The van der Waals surface area contributed by atoms with Gasteiger partial charge in [-0.15, -0.1) is 0 Å². The molecule has 1 N–H and O–H groups in total. The molecule has 1 aromatic heterocycles. The Kier molecular flexibility index (Phi) is 7.48. The van der Waals surface area contributed by atoms with Crippen molar-refractivity contribution in [2.24, 2.45) is 0 Å². The summed E-state index contributed by atoms with van der Waals surface area (Å²) in [6, 6.07) is 11.8. The van der Waals surface area contributed by atoms with Crippen LogP contribution in [-0.2, 0) is 26.1 Å². The van der Waals surface area contributed by atoms with E-state index in [0.717, 1.165) is 78.4 Å². The van der Waals surface area contributed by atoms with Crippen LogP contribution in [0.25, 0.3) is 28.2 Å². The number of nitrogens with zero attached hydrogens (tertiary/aromatic N) is 2. The summed E-state index contributed by atoms with van der Waals surface area (Å²) in [5.74, 6) is 0.485. The van der Waals surface area contributed by atoms with Crippen LogP contribution in [0.1, 0.15) is 91.6 Å². The number of morpholine rings is 1. The first-order chi connectivity index (χ1) is 22.3. The number of amides is 2. The van der Waals surface area contributed by atoms with Crippen molar-refractivity contribution in [1.29, 1.82) is 0 Å². The van der Waals surface area contributed by atoms with Gasteiger partial charge in [0, 0.05) is 27.6 Å². The fraction of sp³-hybridized carbons (Fsp3) is 0.500. The van der Waals surface area contributed by atoms with E-state index in [2.05, 4.69) is 20.3 Å². The molecule has 2 saturated carbocycles. The standard InChI is InChI=1S/C36H41N3O6S/c1-44-28-11-15-30-24(17-28)16-25(36(41)39-26-8-5-9-27(39)21-45-20-26)19-38-32-18-23(35(40)37-46(42,43)29-12-13-29)10-14-31(32)33(34(30)38)22-6-3-2-4-7-22/h10-11,14-18,22,26-27,29H,2-9,12-13,19-21H2,1H3,(H,37,40). The molecule has 0 radical (unpaired) electrons. The van der Waals surface area contributed by atoms with Crippen LogP contribution in [0.3, 0.4) is 0 Å². The normalized spacial score (nSPS) is 23.2. The minimum absolute atomic E-state index is 0.0325. The summed E-state index contributed by atoms with van der Waals surface area (Å²) < 4.78 is 41.4. The Hall–Kier alpha value is -3.63. The average molecular weight is 644 g/mol. The molecule has 46 heavy (non-hydrogen) atoms. The van der Waals surface area contributed by atoms with Gasteiger partial charge in [-0.25, -0.2) is 13.1 Å². The van der Waals surface area contributed by atoms with Gasteiger partial charge in [0.1, 0.15) is 5.75 Å². The number of fused-ring (bicyclic) bond motifs is 7. The van der Waals surface area contributed by atoms with E-state index in [9.17, 15) is 18.0 Å². The van der Waals surface area contributed by atoms with Crippen LogP contribution in [0.4, 0.5) is 0 Å². The Morgan fingerprint density at radius 1 is 0.913 bits per heavy atom. The molecule has 3 aliphatic heterocycles. The summed E-state index contributed by atoms with van der Waals surface area (Å²) >= 11 is 0. The van der Waals surface area contributed by atoms with Gasteiger partial charge in [-0.1, -0.05) is 25.3 Å². The third-order valence-electron chi connectivity index (χ3n) is 10.7. The van der Waals surface area contributed by atoms with Crippen molar-refractivity contribution in [2.45, 2.75) is 94.0 Å². The third kappa shape index (κ3) is 5.14. The number of methoxy groups -OCH3 is 1. The van der Waals surface area contributed by atoms with Gasteiger partial charge in [0.25, 0.3) is 11.8 Å².